The summed E-state index contributed by atoms with van der Waals surface area (Å²) in [5, 5.41) is 0. The smallest absolute Gasteiger partial charge is 0.356 e. The summed E-state index contributed by atoms with van der Waals surface area (Å²) in [6, 6.07) is 16.0. The van der Waals surface area contributed by atoms with Gasteiger partial charge in [-0.2, -0.15) is 0 Å². The highest BCUT2D eigenvalue weighted by Crippen LogP contribution is 2.35. The van der Waals surface area contributed by atoms with Crippen molar-refractivity contribution in [1.29, 1.82) is 0 Å². The Labute approximate surface area is 220 Å². The summed E-state index contributed by atoms with van der Waals surface area (Å²) < 4.78 is 13.3. The normalized spacial score (nSPS) is 25.0. The minimum absolute atomic E-state index is 0.0616. The van der Waals surface area contributed by atoms with Crippen molar-refractivity contribution in [2.45, 2.75) is 58.4 Å². The highest BCUT2D eigenvalue weighted by molar-refractivity contribution is 5.89. The monoisotopic (exact) mass is 506 g/mol. The van der Waals surface area contributed by atoms with E-state index in [1.807, 2.05) is 30.3 Å². The van der Waals surface area contributed by atoms with Crippen molar-refractivity contribution in [2.24, 2.45) is 17.8 Å². The molecule has 0 unspecified atom stereocenters. The molecule has 2 aromatic carbocycles. The number of ketones is 1. The van der Waals surface area contributed by atoms with Crippen molar-refractivity contribution in [1.82, 2.24) is 10.4 Å². The van der Waals surface area contributed by atoms with Gasteiger partial charge >= 0.3 is 5.97 Å². The number of hydrogen-bond acceptors (Lipinski definition) is 5. The van der Waals surface area contributed by atoms with Gasteiger partial charge < -0.3 is 9.74 Å². The van der Waals surface area contributed by atoms with Crippen LogP contribution >= 0.6 is 0 Å². The lowest BCUT2D eigenvalue weighted by molar-refractivity contribution is -0.112. The van der Waals surface area contributed by atoms with Gasteiger partial charge in [-0.25, -0.2) is 9.18 Å². The molecule has 4 rings (SSSR count). The second-order valence-electron chi connectivity index (χ2n) is 10.8. The van der Waals surface area contributed by atoms with Gasteiger partial charge in [-0.3, -0.25) is 4.79 Å². The molecule has 1 aliphatic carbocycles. The van der Waals surface area contributed by atoms with Crippen LogP contribution in [0.15, 0.2) is 66.2 Å². The number of benzene rings is 2. The first kappa shape index (κ1) is 27.2. The summed E-state index contributed by atoms with van der Waals surface area (Å²) in [6.45, 7) is 6.65. The van der Waals surface area contributed by atoms with E-state index < -0.39 is 0 Å². The van der Waals surface area contributed by atoms with E-state index in [2.05, 4.69) is 17.3 Å². The summed E-state index contributed by atoms with van der Waals surface area (Å²) in [4.78, 5) is 32.3. The Morgan fingerprint density at radius 1 is 1.05 bits per heavy atom. The SMILES string of the molecule is CC(=O)C=C(C)[C@@H]1CC[C@@H](NOC(=O)c2ccccc2)[C@H](CN2CCC[C@@H](Cc3ccc(F)cc3)C2)C1. The Balaban J connectivity index is 1.40. The second-order valence-corrected chi connectivity index (χ2v) is 10.8. The summed E-state index contributed by atoms with van der Waals surface area (Å²) in [6.07, 6.45) is 7.85. The average molecular weight is 507 g/mol. The van der Waals surface area contributed by atoms with Gasteiger partial charge in [0, 0.05) is 19.1 Å². The predicted octanol–water partition coefficient (Wildman–Crippen LogP) is 5.76. The van der Waals surface area contributed by atoms with Crippen LogP contribution in [0.4, 0.5) is 4.39 Å². The molecule has 37 heavy (non-hydrogen) atoms. The van der Waals surface area contributed by atoms with Gasteiger partial charge in [0.2, 0.25) is 0 Å². The van der Waals surface area contributed by atoms with E-state index in [1.54, 1.807) is 37.3 Å². The standard InChI is InChI=1S/C31H39FN2O3/c1-22(17-23(2)35)27-12-15-30(33-37-31(36)26-8-4-3-5-9-26)28(19-27)21-34-16-6-7-25(20-34)18-24-10-13-29(32)14-11-24/h3-5,8-11,13-14,17,25,27-28,30,33H,6-7,12,15-16,18-21H2,1-2H3/t25-,27+,28-,30+/m0/s1. The molecular weight excluding hydrogens is 467 g/mol. The van der Waals surface area contributed by atoms with Crippen molar-refractivity contribution < 1.29 is 18.8 Å². The minimum Gasteiger partial charge on any atom is -0.366 e. The Hall–Kier alpha value is -2.83. The number of halogens is 1. The fraction of sp³-hybridized carbons (Fsp3) is 0.484. The van der Waals surface area contributed by atoms with Gasteiger partial charge in [-0.1, -0.05) is 35.9 Å². The van der Waals surface area contributed by atoms with Crippen LogP contribution in [-0.4, -0.2) is 42.3 Å². The number of allylic oxidation sites excluding steroid dienone is 2. The number of hydrogen-bond donors (Lipinski definition) is 1. The number of piperidine rings is 1. The maximum Gasteiger partial charge on any atom is 0.356 e. The second kappa shape index (κ2) is 13.1. The first-order valence-electron chi connectivity index (χ1n) is 13.5. The third-order valence-electron chi connectivity index (χ3n) is 7.90. The molecule has 1 saturated heterocycles. The van der Waals surface area contributed by atoms with E-state index in [9.17, 15) is 14.0 Å². The van der Waals surface area contributed by atoms with Crippen molar-refractivity contribution in [3.05, 3.63) is 83.2 Å². The van der Waals surface area contributed by atoms with Crippen LogP contribution in [0.1, 0.15) is 61.9 Å². The molecule has 5 nitrogen and oxygen atoms in total. The molecule has 1 saturated carbocycles. The van der Waals surface area contributed by atoms with Crippen LogP contribution in [-0.2, 0) is 16.1 Å². The topological polar surface area (TPSA) is 58.6 Å². The molecule has 0 bridgehead atoms. The van der Waals surface area contributed by atoms with Crippen LogP contribution in [0.25, 0.3) is 0 Å². The molecule has 1 heterocycles. The predicted molar refractivity (Wildman–Crippen MR) is 143 cm³/mol. The van der Waals surface area contributed by atoms with Gasteiger partial charge in [-0.15, -0.1) is 5.48 Å². The molecular formula is C31H39FN2O3. The largest absolute Gasteiger partial charge is 0.366 e. The van der Waals surface area contributed by atoms with Crippen molar-refractivity contribution >= 4 is 11.8 Å². The summed E-state index contributed by atoms with van der Waals surface area (Å²) >= 11 is 0. The van der Waals surface area contributed by atoms with Crippen molar-refractivity contribution in [3.8, 4) is 0 Å². The first-order valence-corrected chi connectivity index (χ1v) is 13.5. The lowest BCUT2D eigenvalue weighted by atomic mass is 9.74. The molecule has 0 spiro atoms. The zero-order chi connectivity index (χ0) is 26.2. The number of hydroxylamine groups is 1. The number of rotatable bonds is 9. The molecule has 4 atom stereocenters. The Bertz CT molecular complexity index is 1070. The third-order valence-corrected chi connectivity index (χ3v) is 7.90. The van der Waals surface area contributed by atoms with E-state index in [0.717, 1.165) is 57.3 Å². The van der Waals surface area contributed by atoms with Crippen LogP contribution < -0.4 is 5.48 Å². The number of nitrogens with one attached hydrogen (secondary N) is 1. The Morgan fingerprint density at radius 3 is 2.54 bits per heavy atom. The maximum atomic E-state index is 13.3. The average Bonchev–Trinajstić information content (AvgIpc) is 2.89. The molecule has 1 aliphatic heterocycles. The van der Waals surface area contributed by atoms with Gasteiger partial charge in [-0.05, 0) is 113 Å². The van der Waals surface area contributed by atoms with Crippen LogP contribution in [0.2, 0.25) is 0 Å². The molecule has 0 aromatic heterocycles. The van der Waals surface area contributed by atoms with E-state index in [0.29, 0.717) is 23.3 Å². The quantitative estimate of drug-likeness (QED) is 0.346. The summed E-state index contributed by atoms with van der Waals surface area (Å²) in [5.74, 6) is 0.720. The fourth-order valence-electron chi connectivity index (χ4n) is 6.00. The van der Waals surface area contributed by atoms with Crippen LogP contribution in [0.3, 0.4) is 0 Å². The van der Waals surface area contributed by atoms with Crippen LogP contribution in [0, 0.1) is 23.6 Å². The zero-order valence-electron chi connectivity index (χ0n) is 22.0. The molecule has 198 valence electrons. The molecule has 2 fully saturated rings. The summed E-state index contributed by atoms with van der Waals surface area (Å²) in [5.41, 5.74) is 5.97. The number of nitrogens with zero attached hydrogens (tertiary/aromatic N) is 1. The molecule has 2 aliphatic rings. The Morgan fingerprint density at radius 2 is 1.81 bits per heavy atom. The van der Waals surface area contributed by atoms with Gasteiger partial charge in [0.1, 0.15) is 5.82 Å². The van der Waals surface area contributed by atoms with Crippen molar-refractivity contribution in [3.63, 3.8) is 0 Å². The Kier molecular flexibility index (Phi) is 9.64. The minimum atomic E-state index is -0.369. The van der Waals surface area contributed by atoms with Gasteiger partial charge in [0.15, 0.2) is 5.78 Å². The maximum absolute atomic E-state index is 13.3. The zero-order valence-corrected chi connectivity index (χ0v) is 22.0. The number of carbonyl (C=O) groups excluding carboxylic acids is 2. The van der Waals surface area contributed by atoms with E-state index in [-0.39, 0.29) is 23.6 Å². The molecule has 6 heteroatoms. The molecule has 1 N–H and O–H groups in total. The fourth-order valence-corrected chi connectivity index (χ4v) is 6.00. The molecule has 0 amide bonds. The van der Waals surface area contributed by atoms with E-state index in [4.69, 9.17) is 4.84 Å². The summed E-state index contributed by atoms with van der Waals surface area (Å²) in [7, 11) is 0. The van der Waals surface area contributed by atoms with E-state index in [1.165, 1.54) is 12.0 Å². The van der Waals surface area contributed by atoms with E-state index >= 15 is 0 Å². The van der Waals surface area contributed by atoms with Crippen LogP contribution in [0.5, 0.6) is 0 Å². The lowest BCUT2D eigenvalue weighted by Crippen LogP contribution is -2.48. The molecule has 0 radical (unpaired) electrons. The van der Waals surface area contributed by atoms with Gasteiger partial charge in [0.25, 0.3) is 0 Å². The number of likely N-dealkylation sites (tertiary alicyclic amines) is 1. The molecule has 2 aromatic rings. The van der Waals surface area contributed by atoms with Crippen molar-refractivity contribution in [2.75, 3.05) is 19.6 Å². The van der Waals surface area contributed by atoms with Gasteiger partial charge in [0.05, 0.1) is 5.56 Å². The highest BCUT2D eigenvalue weighted by atomic mass is 19.1. The first-order chi connectivity index (χ1) is 17.9. The lowest BCUT2D eigenvalue weighted by Gasteiger charge is -2.41. The number of carbonyl (C=O) groups is 2. The highest BCUT2D eigenvalue weighted by Gasteiger charge is 2.34. The third kappa shape index (κ3) is 8.08.